The van der Waals surface area contributed by atoms with Gasteiger partial charge in [-0.15, -0.1) is 0 Å². The highest BCUT2D eigenvalue weighted by Crippen LogP contribution is 2.33. The zero-order valence-corrected chi connectivity index (χ0v) is 13.2. The number of sulfonamides is 1. The SMILES string of the molecule is CCOC1CC(CC(=O)c2ccc(NS(C)(=O)=O)cc2)C1. The Bertz CT molecular complexity index is 589. The lowest BCUT2D eigenvalue weighted by Crippen LogP contribution is -2.32. The number of hydrogen-bond donors (Lipinski definition) is 1. The van der Waals surface area contributed by atoms with Crippen molar-refractivity contribution >= 4 is 21.5 Å². The number of ether oxygens (including phenoxy) is 1. The second kappa shape index (κ2) is 6.58. The standard InChI is InChI=1S/C15H21NO4S/c1-3-20-14-8-11(9-14)10-15(17)12-4-6-13(7-5-12)16-21(2,18)19/h4-7,11,14,16H,3,8-10H2,1-2H3. The lowest BCUT2D eigenvalue weighted by atomic mass is 9.78. The summed E-state index contributed by atoms with van der Waals surface area (Å²) in [4.78, 5) is 12.1. The number of Topliss-reactive ketones (excluding diaryl/α,β-unsaturated/α-hetero) is 1. The van der Waals surface area contributed by atoms with E-state index in [0.29, 0.717) is 29.7 Å². The Morgan fingerprint density at radius 2 is 1.90 bits per heavy atom. The minimum atomic E-state index is -3.28. The summed E-state index contributed by atoms with van der Waals surface area (Å²) in [5, 5.41) is 0. The van der Waals surface area contributed by atoms with E-state index in [0.717, 1.165) is 25.7 Å². The first-order valence-corrected chi connectivity index (χ1v) is 8.99. The molecule has 1 aromatic rings. The van der Waals surface area contributed by atoms with E-state index in [9.17, 15) is 13.2 Å². The highest BCUT2D eigenvalue weighted by atomic mass is 32.2. The average Bonchev–Trinajstić information content (AvgIpc) is 2.35. The smallest absolute Gasteiger partial charge is 0.229 e. The van der Waals surface area contributed by atoms with Gasteiger partial charge in [0, 0.05) is 24.3 Å². The molecule has 1 fully saturated rings. The van der Waals surface area contributed by atoms with Crippen LogP contribution in [0.3, 0.4) is 0 Å². The predicted molar refractivity (Wildman–Crippen MR) is 82.0 cm³/mol. The van der Waals surface area contributed by atoms with E-state index in [2.05, 4.69) is 4.72 Å². The minimum Gasteiger partial charge on any atom is -0.378 e. The molecule has 6 heteroatoms. The first-order valence-electron chi connectivity index (χ1n) is 7.10. The molecule has 116 valence electrons. The Hall–Kier alpha value is -1.40. The van der Waals surface area contributed by atoms with Crippen LogP contribution in [0, 0.1) is 5.92 Å². The van der Waals surface area contributed by atoms with Gasteiger partial charge >= 0.3 is 0 Å². The molecule has 0 heterocycles. The molecule has 0 atom stereocenters. The lowest BCUT2D eigenvalue weighted by molar-refractivity contribution is -0.0246. The number of anilines is 1. The maximum atomic E-state index is 12.1. The van der Waals surface area contributed by atoms with Crippen LogP contribution in [-0.2, 0) is 14.8 Å². The fourth-order valence-electron chi connectivity index (χ4n) is 2.53. The summed E-state index contributed by atoms with van der Waals surface area (Å²) in [5.41, 5.74) is 1.09. The van der Waals surface area contributed by atoms with Crippen LogP contribution >= 0.6 is 0 Å². The van der Waals surface area contributed by atoms with Gasteiger partial charge in [0.15, 0.2) is 5.78 Å². The van der Waals surface area contributed by atoms with Gasteiger partial charge in [0.2, 0.25) is 10.0 Å². The molecule has 0 spiro atoms. The Morgan fingerprint density at radius 1 is 1.29 bits per heavy atom. The van der Waals surface area contributed by atoms with Gasteiger partial charge < -0.3 is 4.74 Å². The second-order valence-corrected chi connectivity index (χ2v) is 7.24. The van der Waals surface area contributed by atoms with Crippen molar-refractivity contribution in [3.63, 3.8) is 0 Å². The van der Waals surface area contributed by atoms with E-state index >= 15 is 0 Å². The van der Waals surface area contributed by atoms with Gasteiger partial charge in [-0.1, -0.05) is 0 Å². The summed E-state index contributed by atoms with van der Waals surface area (Å²) in [6.07, 6.45) is 3.84. The zero-order valence-electron chi connectivity index (χ0n) is 12.3. The van der Waals surface area contributed by atoms with Crippen LogP contribution in [0.4, 0.5) is 5.69 Å². The third-order valence-corrected chi connectivity index (χ3v) is 4.19. The molecule has 0 aromatic heterocycles. The summed E-state index contributed by atoms with van der Waals surface area (Å²) in [7, 11) is -3.28. The molecule has 0 radical (unpaired) electrons. The Kier molecular flexibility index (Phi) is 5.00. The van der Waals surface area contributed by atoms with Crippen LogP contribution < -0.4 is 4.72 Å². The van der Waals surface area contributed by atoms with Crippen molar-refractivity contribution in [3.05, 3.63) is 29.8 Å². The fraction of sp³-hybridized carbons (Fsp3) is 0.533. The van der Waals surface area contributed by atoms with Crippen LogP contribution in [0.1, 0.15) is 36.5 Å². The van der Waals surface area contributed by atoms with E-state index in [1.807, 2.05) is 6.92 Å². The largest absolute Gasteiger partial charge is 0.378 e. The van der Waals surface area contributed by atoms with Gasteiger partial charge in [-0.25, -0.2) is 8.42 Å². The topological polar surface area (TPSA) is 72.5 Å². The monoisotopic (exact) mass is 311 g/mol. The number of carbonyl (C=O) groups excluding carboxylic acids is 1. The van der Waals surface area contributed by atoms with Gasteiger partial charge in [-0.2, -0.15) is 0 Å². The van der Waals surface area contributed by atoms with Gasteiger partial charge in [-0.05, 0) is 49.9 Å². The molecule has 2 rings (SSSR count). The minimum absolute atomic E-state index is 0.0980. The molecule has 21 heavy (non-hydrogen) atoms. The number of nitrogens with one attached hydrogen (secondary N) is 1. The van der Waals surface area contributed by atoms with Crippen molar-refractivity contribution in [1.29, 1.82) is 0 Å². The molecule has 0 bridgehead atoms. The molecular weight excluding hydrogens is 290 g/mol. The third-order valence-electron chi connectivity index (χ3n) is 3.58. The molecule has 1 aliphatic carbocycles. The van der Waals surface area contributed by atoms with Crippen LogP contribution in [0.2, 0.25) is 0 Å². The average molecular weight is 311 g/mol. The Morgan fingerprint density at radius 3 is 2.43 bits per heavy atom. The first-order chi connectivity index (χ1) is 9.87. The Balaban J connectivity index is 1.86. The molecular formula is C15H21NO4S. The molecule has 0 aliphatic heterocycles. The highest BCUT2D eigenvalue weighted by molar-refractivity contribution is 7.92. The second-order valence-electron chi connectivity index (χ2n) is 5.49. The van der Waals surface area contributed by atoms with E-state index in [4.69, 9.17) is 4.74 Å². The van der Waals surface area contributed by atoms with Crippen molar-refractivity contribution < 1.29 is 17.9 Å². The van der Waals surface area contributed by atoms with Crippen LogP contribution in [-0.4, -0.2) is 33.2 Å². The van der Waals surface area contributed by atoms with Crippen LogP contribution in [0.25, 0.3) is 0 Å². The van der Waals surface area contributed by atoms with Crippen LogP contribution in [0.5, 0.6) is 0 Å². The van der Waals surface area contributed by atoms with E-state index in [1.54, 1.807) is 24.3 Å². The van der Waals surface area contributed by atoms with Crippen LogP contribution in [0.15, 0.2) is 24.3 Å². The van der Waals surface area contributed by atoms with Crippen molar-refractivity contribution in [3.8, 4) is 0 Å². The molecule has 5 nitrogen and oxygen atoms in total. The van der Waals surface area contributed by atoms with Crippen molar-refractivity contribution in [2.45, 2.75) is 32.3 Å². The number of benzene rings is 1. The summed E-state index contributed by atoms with van der Waals surface area (Å²) in [6, 6.07) is 6.54. The lowest BCUT2D eigenvalue weighted by Gasteiger charge is -2.34. The first kappa shape index (κ1) is 16.0. The third kappa shape index (κ3) is 4.82. The predicted octanol–water partition coefficient (Wildman–Crippen LogP) is 2.45. The zero-order chi connectivity index (χ0) is 15.5. The molecule has 1 saturated carbocycles. The number of ketones is 1. The van der Waals surface area contributed by atoms with E-state index in [1.165, 1.54) is 0 Å². The molecule has 0 unspecified atom stereocenters. The molecule has 1 N–H and O–H groups in total. The number of carbonyl (C=O) groups is 1. The summed E-state index contributed by atoms with van der Waals surface area (Å²) >= 11 is 0. The maximum absolute atomic E-state index is 12.1. The maximum Gasteiger partial charge on any atom is 0.229 e. The van der Waals surface area contributed by atoms with Gasteiger partial charge in [0.1, 0.15) is 0 Å². The highest BCUT2D eigenvalue weighted by Gasteiger charge is 2.31. The van der Waals surface area contributed by atoms with Crippen molar-refractivity contribution in [2.24, 2.45) is 5.92 Å². The van der Waals surface area contributed by atoms with E-state index in [-0.39, 0.29) is 5.78 Å². The molecule has 1 aliphatic rings. The summed E-state index contributed by atoms with van der Waals surface area (Å²) < 4.78 is 30.1. The number of rotatable bonds is 7. The fourth-order valence-corrected chi connectivity index (χ4v) is 3.10. The number of hydrogen-bond acceptors (Lipinski definition) is 4. The normalized spacial score (nSPS) is 21.6. The molecule has 0 amide bonds. The van der Waals surface area contributed by atoms with Gasteiger partial charge in [0.05, 0.1) is 12.4 Å². The summed E-state index contributed by atoms with van der Waals surface area (Å²) in [5.74, 6) is 0.503. The molecule has 1 aromatic carbocycles. The summed E-state index contributed by atoms with van der Waals surface area (Å²) in [6.45, 7) is 2.70. The van der Waals surface area contributed by atoms with Gasteiger partial charge in [0.25, 0.3) is 0 Å². The molecule has 0 saturated heterocycles. The van der Waals surface area contributed by atoms with E-state index < -0.39 is 10.0 Å². The van der Waals surface area contributed by atoms with Crippen molar-refractivity contribution in [1.82, 2.24) is 0 Å². The van der Waals surface area contributed by atoms with Gasteiger partial charge in [-0.3, -0.25) is 9.52 Å². The van der Waals surface area contributed by atoms with Crippen molar-refractivity contribution in [2.75, 3.05) is 17.6 Å². The Labute approximate surface area is 125 Å². The quantitative estimate of drug-likeness (QED) is 0.785.